The summed E-state index contributed by atoms with van der Waals surface area (Å²) in [7, 11) is 0. The summed E-state index contributed by atoms with van der Waals surface area (Å²) in [5, 5.41) is 38.9. The van der Waals surface area contributed by atoms with Gasteiger partial charge in [-0.1, -0.05) is 17.3 Å². The van der Waals surface area contributed by atoms with Gasteiger partial charge in [0.05, 0.1) is 11.1 Å². The number of oxime groups is 1. The van der Waals surface area contributed by atoms with E-state index in [1.54, 1.807) is 12.1 Å². The van der Waals surface area contributed by atoms with Gasteiger partial charge in [-0.2, -0.15) is 0 Å². The zero-order chi connectivity index (χ0) is 33.5. The van der Waals surface area contributed by atoms with E-state index in [1.165, 1.54) is 31.4 Å². The van der Waals surface area contributed by atoms with Crippen molar-refractivity contribution in [1.29, 1.82) is 0 Å². The number of fused-ring (bicyclic) bond motifs is 2. The number of carbonyl (C=O) groups is 5. The highest BCUT2D eigenvalue weighted by Crippen LogP contribution is 2.40. The number of aromatic amines is 1. The molecule has 3 amide bonds. The van der Waals surface area contributed by atoms with Crippen LogP contribution in [0.3, 0.4) is 0 Å². The minimum atomic E-state index is -1.81. The molecular weight excluding hydrogens is 646 g/mol. The molecule has 1 aromatic carbocycles. The molecule has 19 heteroatoms. The van der Waals surface area contributed by atoms with Gasteiger partial charge in [-0.3, -0.25) is 24.1 Å². The minimum absolute atomic E-state index is 0.0302. The molecule has 46 heavy (non-hydrogen) atoms. The fourth-order valence-electron chi connectivity index (χ4n) is 4.52. The maximum atomic E-state index is 13.3. The summed E-state index contributed by atoms with van der Waals surface area (Å²) in [6.45, 7) is 2.17. The number of aromatic nitrogens is 2. The Morgan fingerprint density at radius 2 is 1.98 bits per heavy atom. The fourth-order valence-corrected chi connectivity index (χ4v) is 6.41. The highest BCUT2D eigenvalue weighted by molar-refractivity contribution is 8.00. The molecule has 0 radical (unpaired) electrons. The summed E-state index contributed by atoms with van der Waals surface area (Å²) in [6, 6.07) is 4.61. The molecule has 1 unspecified atom stereocenters. The maximum Gasteiger partial charge on any atom is 0.352 e. The van der Waals surface area contributed by atoms with Crippen molar-refractivity contribution in [3.05, 3.63) is 62.5 Å². The molecule has 2 aromatic heterocycles. The van der Waals surface area contributed by atoms with Crippen molar-refractivity contribution in [2.75, 3.05) is 18.0 Å². The lowest BCUT2D eigenvalue weighted by Gasteiger charge is -2.49. The van der Waals surface area contributed by atoms with E-state index in [2.05, 4.69) is 25.8 Å². The molecular formula is C27H25N7O10S2. The van der Waals surface area contributed by atoms with Crippen LogP contribution in [0.25, 0.3) is 10.9 Å². The molecule has 0 saturated carbocycles. The van der Waals surface area contributed by atoms with Crippen LogP contribution in [-0.4, -0.2) is 94.9 Å². The first-order chi connectivity index (χ1) is 21.7. The Hall–Kier alpha value is -5.43. The highest BCUT2D eigenvalue weighted by atomic mass is 32.2. The minimum Gasteiger partial charge on any atom is -0.503 e. The Morgan fingerprint density at radius 3 is 2.63 bits per heavy atom. The molecule has 17 nitrogen and oxygen atoms in total. The van der Waals surface area contributed by atoms with Crippen LogP contribution in [-0.2, 0) is 24.0 Å². The predicted octanol–water partition coefficient (Wildman–Crippen LogP) is 0.0249. The van der Waals surface area contributed by atoms with Crippen LogP contribution in [0.4, 0.5) is 5.13 Å². The number of β-lactam (4-membered cyclic amide) rings is 1. The van der Waals surface area contributed by atoms with Crippen LogP contribution >= 0.6 is 23.1 Å². The largest absolute Gasteiger partial charge is 0.503 e. The number of amides is 3. The Labute approximate surface area is 266 Å². The number of para-hydroxylation sites is 1. The Kier molecular flexibility index (Phi) is 8.46. The predicted molar refractivity (Wildman–Crippen MR) is 164 cm³/mol. The van der Waals surface area contributed by atoms with E-state index in [0.29, 0.717) is 5.39 Å². The van der Waals surface area contributed by atoms with Crippen LogP contribution in [0.2, 0.25) is 0 Å². The number of thiazole rings is 1. The number of benzene rings is 1. The number of nitrogens with one attached hydrogen (secondary N) is 3. The van der Waals surface area contributed by atoms with Crippen molar-refractivity contribution < 1.29 is 44.1 Å². The van der Waals surface area contributed by atoms with Crippen LogP contribution in [0.5, 0.6) is 5.75 Å². The van der Waals surface area contributed by atoms with Gasteiger partial charge in [-0.05, 0) is 31.6 Å². The van der Waals surface area contributed by atoms with Gasteiger partial charge in [0.25, 0.3) is 23.3 Å². The fraction of sp³-hybridized carbons (Fsp3) is 0.259. The zero-order valence-corrected chi connectivity index (χ0v) is 25.5. The van der Waals surface area contributed by atoms with E-state index in [0.717, 1.165) is 28.0 Å². The second-order valence-corrected chi connectivity index (χ2v) is 12.5. The first kappa shape index (κ1) is 32.0. The summed E-state index contributed by atoms with van der Waals surface area (Å²) < 4.78 is 0. The van der Waals surface area contributed by atoms with Crippen molar-refractivity contribution in [2.24, 2.45) is 5.16 Å². The number of anilines is 1. The number of carboxylic acid groups (broad SMARTS) is 2. The molecule has 8 N–H and O–H groups in total. The Bertz CT molecular complexity index is 1930. The molecule has 4 heterocycles. The van der Waals surface area contributed by atoms with Crippen molar-refractivity contribution in [3.8, 4) is 5.75 Å². The summed E-state index contributed by atoms with van der Waals surface area (Å²) in [6.07, 6.45) is 0. The summed E-state index contributed by atoms with van der Waals surface area (Å²) >= 11 is 2.13. The van der Waals surface area contributed by atoms with Crippen LogP contribution in [0, 0.1) is 0 Å². The number of nitrogen functional groups attached to an aromatic ring is 1. The van der Waals surface area contributed by atoms with E-state index in [1.807, 2.05) is 0 Å². The number of hydrogen-bond acceptors (Lipinski definition) is 13. The lowest BCUT2D eigenvalue weighted by molar-refractivity contribution is -0.161. The second-order valence-electron chi connectivity index (χ2n) is 10.5. The lowest BCUT2D eigenvalue weighted by atomic mass is 10.0. The second kappa shape index (κ2) is 12.2. The number of aliphatic carboxylic acids is 2. The van der Waals surface area contributed by atoms with Gasteiger partial charge in [0.2, 0.25) is 5.60 Å². The number of carboxylic acids is 2. The van der Waals surface area contributed by atoms with E-state index >= 15 is 0 Å². The van der Waals surface area contributed by atoms with Crippen molar-refractivity contribution in [3.63, 3.8) is 0 Å². The van der Waals surface area contributed by atoms with E-state index in [-0.39, 0.29) is 45.5 Å². The molecule has 3 aromatic rings. The number of hydrogen-bond donors (Lipinski definition) is 7. The third-order valence-electron chi connectivity index (χ3n) is 6.96. The molecule has 5 rings (SSSR count). The molecule has 1 fully saturated rings. The lowest BCUT2D eigenvalue weighted by Crippen LogP contribution is -2.71. The van der Waals surface area contributed by atoms with Gasteiger partial charge in [-0.15, -0.1) is 23.1 Å². The highest BCUT2D eigenvalue weighted by Gasteiger charge is 2.54. The maximum absolute atomic E-state index is 13.3. The molecule has 0 bridgehead atoms. The number of H-pyrrole nitrogens is 1. The van der Waals surface area contributed by atoms with Gasteiger partial charge in [0, 0.05) is 23.1 Å². The third kappa shape index (κ3) is 5.96. The molecule has 0 spiro atoms. The van der Waals surface area contributed by atoms with Crippen LogP contribution in [0.1, 0.15) is 29.9 Å². The molecule has 0 aliphatic carbocycles. The van der Waals surface area contributed by atoms with Crippen molar-refractivity contribution >= 4 is 74.5 Å². The van der Waals surface area contributed by atoms with Crippen LogP contribution < -0.4 is 21.9 Å². The first-order valence-electron chi connectivity index (χ1n) is 13.2. The summed E-state index contributed by atoms with van der Waals surface area (Å²) in [5.74, 6) is -5.56. The Morgan fingerprint density at radius 1 is 1.24 bits per heavy atom. The Balaban J connectivity index is 1.33. The van der Waals surface area contributed by atoms with E-state index in [4.69, 9.17) is 10.6 Å². The molecule has 2 aliphatic heterocycles. The van der Waals surface area contributed by atoms with Gasteiger partial charge >= 0.3 is 11.9 Å². The molecule has 240 valence electrons. The average Bonchev–Trinajstić information content (AvgIpc) is 3.43. The molecule has 2 aliphatic rings. The van der Waals surface area contributed by atoms with Gasteiger partial charge < -0.3 is 41.5 Å². The topological polar surface area (TPSA) is 267 Å². The number of aromatic hydroxyl groups is 1. The van der Waals surface area contributed by atoms with Crippen molar-refractivity contribution in [1.82, 2.24) is 25.5 Å². The quantitative estimate of drug-likeness (QED) is 0.0853. The van der Waals surface area contributed by atoms with E-state index < -0.39 is 63.7 Å². The average molecular weight is 672 g/mol. The van der Waals surface area contributed by atoms with Gasteiger partial charge in [-0.25, -0.2) is 14.6 Å². The normalized spacial score (nSPS) is 18.1. The third-order valence-corrected chi connectivity index (χ3v) is 8.98. The van der Waals surface area contributed by atoms with Gasteiger partial charge in [0.1, 0.15) is 22.8 Å². The van der Waals surface area contributed by atoms with Crippen LogP contribution in [0.15, 0.2) is 50.9 Å². The van der Waals surface area contributed by atoms with Gasteiger partial charge in [0.15, 0.2) is 16.6 Å². The number of rotatable bonds is 10. The number of thioether (sulfide) groups is 1. The number of pyridine rings is 1. The van der Waals surface area contributed by atoms with E-state index in [9.17, 15) is 44.1 Å². The summed E-state index contributed by atoms with van der Waals surface area (Å²) in [4.78, 5) is 87.7. The number of nitrogens with zero attached hydrogens (tertiary/aromatic N) is 3. The SMILES string of the molecule is CC(C)(O/N=C(\C(=O)NC1C(=O)N2C(C(=O)O)=C(CNC(=O)c3cccc4cc(O)c(=O)[nH]c34)CS[C@H]12)c1csc(N)n1)C(=O)O. The standard InChI is InChI=1S/C27H25N7O10S2/c1-27(2,25(42)43)44-33-16(13-9-46-26(28)30-13)21(38)32-17-22(39)34-18(24(40)41)11(8-45-23(17)34)7-29-19(36)12-5-3-4-10-6-14(35)20(37)31-15(10)12/h3-6,9,17,23,35H,7-8H2,1-2H3,(H2,28,30)(H,29,36)(H,31,37)(H,32,38)(H,40,41)(H,42,43)/b33-16-/t17?,23-/m1/s1. The zero-order valence-electron chi connectivity index (χ0n) is 23.9. The summed E-state index contributed by atoms with van der Waals surface area (Å²) in [5.41, 5.74) is 2.71. The monoisotopic (exact) mass is 671 g/mol. The van der Waals surface area contributed by atoms with Crippen molar-refractivity contribution in [2.45, 2.75) is 30.9 Å². The molecule has 1 saturated heterocycles. The number of carbonyl (C=O) groups excluding carboxylic acids is 3. The first-order valence-corrected chi connectivity index (χ1v) is 15.2. The molecule has 2 atom stereocenters. The number of nitrogens with two attached hydrogens (primary N) is 1. The smallest absolute Gasteiger partial charge is 0.352 e.